The van der Waals surface area contributed by atoms with Crippen LogP contribution in [-0.2, 0) is 6.61 Å². The monoisotopic (exact) mass is 352 g/mol. The van der Waals surface area contributed by atoms with Crippen LogP contribution in [0.25, 0.3) is 21.9 Å². The molecule has 0 spiro atoms. The molecule has 0 saturated carbocycles. The second-order valence-electron chi connectivity index (χ2n) is 5.17. The molecule has 4 aromatic rings. The second kappa shape index (κ2) is 5.50. The number of hydrogen-bond donors (Lipinski definition) is 0. The average Bonchev–Trinajstić information content (AvgIpc) is 2.90. The molecule has 0 amide bonds. The van der Waals surface area contributed by atoms with E-state index in [1.807, 2.05) is 42.5 Å². The smallest absolute Gasteiger partial charge is 0.139 e. The third-order valence-electron chi connectivity index (χ3n) is 3.66. The molecule has 0 unspecified atom stereocenters. The summed E-state index contributed by atoms with van der Waals surface area (Å²) in [6, 6.07) is 22.2. The van der Waals surface area contributed by atoms with Crippen LogP contribution in [0.15, 0.2) is 75.6 Å². The fourth-order valence-electron chi connectivity index (χ4n) is 2.56. The van der Waals surface area contributed by atoms with Gasteiger partial charge in [-0.2, -0.15) is 0 Å². The molecule has 0 N–H and O–H groups in total. The number of halogens is 1. The zero-order chi connectivity index (χ0) is 14.9. The standard InChI is InChI=1S/C19H13BrO2/c20-14-6-8-16-17-9-7-15(11-19(17)22-18(16)10-14)21-12-13-4-2-1-3-5-13/h1-11H,12H2. The van der Waals surface area contributed by atoms with Gasteiger partial charge in [0.05, 0.1) is 0 Å². The maximum atomic E-state index is 5.92. The molecule has 4 rings (SSSR count). The fourth-order valence-corrected chi connectivity index (χ4v) is 2.90. The van der Waals surface area contributed by atoms with E-state index in [4.69, 9.17) is 9.15 Å². The SMILES string of the molecule is Brc1ccc2c(c1)oc1cc(OCc3ccccc3)ccc12. The van der Waals surface area contributed by atoms with Crippen molar-refractivity contribution < 1.29 is 9.15 Å². The van der Waals surface area contributed by atoms with Crippen LogP contribution in [-0.4, -0.2) is 0 Å². The minimum Gasteiger partial charge on any atom is -0.489 e. The van der Waals surface area contributed by atoms with Crippen molar-refractivity contribution in [3.05, 3.63) is 76.8 Å². The van der Waals surface area contributed by atoms with Crippen LogP contribution in [0.3, 0.4) is 0 Å². The van der Waals surface area contributed by atoms with Crippen molar-refractivity contribution in [2.24, 2.45) is 0 Å². The van der Waals surface area contributed by atoms with Crippen LogP contribution in [0.2, 0.25) is 0 Å². The van der Waals surface area contributed by atoms with Crippen molar-refractivity contribution in [1.82, 2.24) is 0 Å². The Balaban J connectivity index is 1.67. The molecule has 3 heteroatoms. The highest BCUT2D eigenvalue weighted by Gasteiger charge is 2.08. The lowest BCUT2D eigenvalue weighted by Gasteiger charge is -2.05. The summed E-state index contributed by atoms with van der Waals surface area (Å²) in [4.78, 5) is 0. The van der Waals surface area contributed by atoms with E-state index >= 15 is 0 Å². The Morgan fingerprint density at radius 3 is 2.36 bits per heavy atom. The van der Waals surface area contributed by atoms with Gasteiger partial charge in [0.2, 0.25) is 0 Å². The van der Waals surface area contributed by atoms with Gasteiger partial charge in [-0.25, -0.2) is 0 Å². The maximum Gasteiger partial charge on any atom is 0.139 e. The molecule has 3 aromatic carbocycles. The van der Waals surface area contributed by atoms with Gasteiger partial charge in [-0.05, 0) is 35.9 Å². The topological polar surface area (TPSA) is 22.4 Å². The number of rotatable bonds is 3. The van der Waals surface area contributed by atoms with Crippen LogP contribution in [0.4, 0.5) is 0 Å². The normalized spacial score (nSPS) is 11.1. The molecule has 0 fully saturated rings. The first-order valence-electron chi connectivity index (χ1n) is 7.08. The van der Waals surface area contributed by atoms with E-state index in [1.165, 1.54) is 0 Å². The van der Waals surface area contributed by atoms with Gasteiger partial charge in [0.1, 0.15) is 23.5 Å². The predicted octanol–water partition coefficient (Wildman–Crippen LogP) is 5.93. The Kier molecular flexibility index (Phi) is 3.35. The summed E-state index contributed by atoms with van der Waals surface area (Å²) in [6.07, 6.45) is 0. The summed E-state index contributed by atoms with van der Waals surface area (Å²) in [6.45, 7) is 0.554. The fraction of sp³-hybridized carbons (Fsp3) is 0.0526. The van der Waals surface area contributed by atoms with Gasteiger partial charge < -0.3 is 9.15 Å². The Morgan fingerprint density at radius 1 is 0.818 bits per heavy atom. The molecule has 1 aromatic heterocycles. The molecule has 2 nitrogen and oxygen atoms in total. The highest BCUT2D eigenvalue weighted by atomic mass is 79.9. The van der Waals surface area contributed by atoms with Crippen molar-refractivity contribution in [2.45, 2.75) is 6.61 Å². The van der Waals surface area contributed by atoms with E-state index in [9.17, 15) is 0 Å². The quantitative estimate of drug-likeness (QED) is 0.456. The molecular weight excluding hydrogens is 340 g/mol. The number of furan rings is 1. The molecule has 0 bridgehead atoms. The van der Waals surface area contributed by atoms with Crippen molar-refractivity contribution >= 4 is 37.9 Å². The van der Waals surface area contributed by atoms with Crippen LogP contribution in [0, 0.1) is 0 Å². The van der Waals surface area contributed by atoms with E-state index < -0.39 is 0 Å². The number of benzene rings is 3. The first-order valence-corrected chi connectivity index (χ1v) is 7.87. The average molecular weight is 353 g/mol. The Labute approximate surface area is 136 Å². The van der Waals surface area contributed by atoms with Crippen LogP contribution in [0.5, 0.6) is 5.75 Å². The van der Waals surface area contributed by atoms with Gasteiger partial charge in [-0.15, -0.1) is 0 Å². The van der Waals surface area contributed by atoms with Gasteiger partial charge >= 0.3 is 0 Å². The lowest BCUT2D eigenvalue weighted by atomic mass is 10.1. The summed E-state index contributed by atoms with van der Waals surface area (Å²) in [7, 11) is 0. The van der Waals surface area contributed by atoms with Crippen molar-refractivity contribution in [3.8, 4) is 5.75 Å². The van der Waals surface area contributed by atoms with Crippen LogP contribution >= 0.6 is 15.9 Å². The number of fused-ring (bicyclic) bond motifs is 3. The molecule has 0 aliphatic heterocycles. The first kappa shape index (κ1) is 13.4. The van der Waals surface area contributed by atoms with Crippen molar-refractivity contribution in [1.29, 1.82) is 0 Å². The number of hydrogen-bond acceptors (Lipinski definition) is 2. The summed E-state index contributed by atoms with van der Waals surface area (Å²) in [5.74, 6) is 0.814. The maximum absolute atomic E-state index is 5.92. The molecule has 0 aliphatic rings. The summed E-state index contributed by atoms with van der Waals surface area (Å²) in [5.41, 5.74) is 2.87. The van der Waals surface area contributed by atoms with Gasteiger partial charge in [-0.1, -0.05) is 46.3 Å². The summed E-state index contributed by atoms with van der Waals surface area (Å²) < 4.78 is 12.8. The van der Waals surface area contributed by atoms with Crippen LogP contribution < -0.4 is 4.74 Å². The second-order valence-corrected chi connectivity index (χ2v) is 6.09. The van der Waals surface area contributed by atoms with E-state index in [2.05, 4.69) is 40.2 Å². The van der Waals surface area contributed by atoms with E-state index in [0.29, 0.717) is 6.61 Å². The molecular formula is C19H13BrO2. The predicted molar refractivity (Wildman–Crippen MR) is 92.2 cm³/mol. The minimum absolute atomic E-state index is 0.554. The van der Waals surface area contributed by atoms with E-state index in [0.717, 1.165) is 37.7 Å². The van der Waals surface area contributed by atoms with Gasteiger partial charge in [0.15, 0.2) is 0 Å². The summed E-state index contributed by atoms with van der Waals surface area (Å²) in [5, 5.41) is 2.22. The Bertz CT molecular complexity index is 942. The van der Waals surface area contributed by atoms with Crippen molar-refractivity contribution in [2.75, 3.05) is 0 Å². The molecule has 0 radical (unpaired) electrons. The molecule has 0 aliphatic carbocycles. The highest BCUT2D eigenvalue weighted by molar-refractivity contribution is 9.10. The van der Waals surface area contributed by atoms with Gasteiger partial charge in [0.25, 0.3) is 0 Å². The highest BCUT2D eigenvalue weighted by Crippen LogP contribution is 2.32. The lowest BCUT2D eigenvalue weighted by Crippen LogP contribution is -1.94. The zero-order valence-electron chi connectivity index (χ0n) is 11.8. The number of ether oxygens (including phenoxy) is 1. The molecule has 22 heavy (non-hydrogen) atoms. The summed E-state index contributed by atoms with van der Waals surface area (Å²) >= 11 is 3.47. The zero-order valence-corrected chi connectivity index (χ0v) is 13.3. The van der Waals surface area contributed by atoms with Gasteiger partial charge in [0, 0.05) is 21.3 Å². The third-order valence-corrected chi connectivity index (χ3v) is 4.15. The van der Waals surface area contributed by atoms with Crippen molar-refractivity contribution in [3.63, 3.8) is 0 Å². The molecule has 0 atom stereocenters. The van der Waals surface area contributed by atoms with E-state index in [1.54, 1.807) is 0 Å². The van der Waals surface area contributed by atoms with Crippen LogP contribution in [0.1, 0.15) is 5.56 Å². The molecule has 108 valence electrons. The first-order chi connectivity index (χ1) is 10.8. The minimum atomic E-state index is 0.554. The largest absolute Gasteiger partial charge is 0.489 e. The lowest BCUT2D eigenvalue weighted by molar-refractivity contribution is 0.306. The Morgan fingerprint density at radius 2 is 1.55 bits per heavy atom. The Hall–Kier alpha value is -2.26. The van der Waals surface area contributed by atoms with E-state index in [-0.39, 0.29) is 0 Å². The van der Waals surface area contributed by atoms with Gasteiger partial charge in [-0.3, -0.25) is 0 Å². The molecule has 0 saturated heterocycles. The third kappa shape index (κ3) is 2.48. The molecule has 1 heterocycles.